The molecule has 0 fully saturated rings. The van der Waals surface area contributed by atoms with E-state index in [4.69, 9.17) is 4.74 Å². The second-order valence-corrected chi connectivity index (χ2v) is 5.03. The number of phenolic OH excluding ortho intramolecular Hbond substituents is 1. The van der Waals surface area contributed by atoms with Crippen LogP contribution in [0, 0.1) is 0 Å². The molecule has 0 radical (unpaired) electrons. The lowest BCUT2D eigenvalue weighted by Crippen LogP contribution is -2.04. The van der Waals surface area contributed by atoms with Crippen LogP contribution in [0.25, 0.3) is 6.08 Å². The average molecular weight is 257 g/mol. The molecule has 0 saturated carbocycles. The van der Waals surface area contributed by atoms with E-state index < -0.39 is 15.9 Å². The molecule has 0 heterocycles. The van der Waals surface area contributed by atoms with Crippen molar-refractivity contribution in [2.45, 2.75) is 6.92 Å². The monoisotopic (exact) mass is 257 g/mol. The molecule has 0 atom stereocenters. The second-order valence-electron chi connectivity index (χ2n) is 3.62. The molecule has 1 N–H and O–H groups in total. The molecule has 5 nitrogen and oxygen atoms in total. The third kappa shape index (κ3) is 4.46. The Hall–Kier alpha value is -1.53. The smallest absolute Gasteiger partial charge is 0.161 e. The van der Waals surface area contributed by atoms with Crippen molar-refractivity contribution >= 4 is 16.2 Å². The van der Waals surface area contributed by atoms with Gasteiger partial charge in [-0.15, -0.1) is 0 Å². The van der Waals surface area contributed by atoms with Gasteiger partial charge in [0, 0.05) is 0 Å². The molecular formula is C11H13O5S-. The third-order valence-electron chi connectivity index (χ3n) is 2.02. The van der Waals surface area contributed by atoms with Gasteiger partial charge >= 0.3 is 0 Å². The zero-order chi connectivity index (χ0) is 13.1. The zero-order valence-corrected chi connectivity index (χ0v) is 10.3. The Morgan fingerprint density at radius 3 is 2.71 bits per heavy atom. The van der Waals surface area contributed by atoms with Crippen LogP contribution in [0.1, 0.15) is 12.5 Å². The lowest BCUT2D eigenvalue weighted by molar-refractivity contribution is 0.373. The van der Waals surface area contributed by atoms with Crippen LogP contribution in [0.4, 0.5) is 0 Å². The van der Waals surface area contributed by atoms with Gasteiger partial charge in [0.05, 0.1) is 23.0 Å². The molecule has 1 rings (SSSR count). The average Bonchev–Trinajstić information content (AvgIpc) is 2.18. The number of hydrogen-bond acceptors (Lipinski definition) is 5. The van der Waals surface area contributed by atoms with E-state index in [1.807, 2.05) is 0 Å². The summed E-state index contributed by atoms with van der Waals surface area (Å²) in [5.74, 6) is -0.244. The Balaban J connectivity index is 2.98. The molecule has 0 aromatic heterocycles. The summed E-state index contributed by atoms with van der Waals surface area (Å²) < 4.78 is 36.6. The Morgan fingerprint density at radius 2 is 2.18 bits per heavy atom. The normalized spacial score (nSPS) is 12.5. The lowest BCUT2D eigenvalue weighted by atomic mass is 10.1. The molecule has 0 aliphatic rings. The van der Waals surface area contributed by atoms with E-state index in [0.29, 0.717) is 11.1 Å². The van der Waals surface area contributed by atoms with Crippen molar-refractivity contribution in [3.63, 3.8) is 0 Å². The third-order valence-corrected chi connectivity index (χ3v) is 2.83. The Labute approximate surface area is 100 Å². The van der Waals surface area contributed by atoms with Gasteiger partial charge in [-0.1, -0.05) is 17.7 Å². The van der Waals surface area contributed by atoms with Crippen molar-refractivity contribution in [3.05, 3.63) is 29.3 Å². The maximum atomic E-state index is 10.5. The highest BCUT2D eigenvalue weighted by molar-refractivity contribution is 7.85. The van der Waals surface area contributed by atoms with Crippen LogP contribution < -0.4 is 4.74 Å². The number of aromatic hydroxyl groups is 1. The first-order valence-electron chi connectivity index (χ1n) is 4.79. The quantitative estimate of drug-likeness (QED) is 0.823. The Bertz CT molecular complexity index is 531. The van der Waals surface area contributed by atoms with Crippen molar-refractivity contribution in [3.8, 4) is 11.5 Å². The molecule has 0 saturated heterocycles. The van der Waals surface area contributed by atoms with E-state index in [2.05, 4.69) is 0 Å². The Kier molecular flexibility index (Phi) is 4.14. The van der Waals surface area contributed by atoms with Gasteiger partial charge in [-0.25, -0.2) is 8.42 Å². The first-order chi connectivity index (χ1) is 7.81. The van der Waals surface area contributed by atoms with Gasteiger partial charge in [-0.05, 0) is 24.6 Å². The summed E-state index contributed by atoms with van der Waals surface area (Å²) in [6.45, 7) is 1.55. The van der Waals surface area contributed by atoms with Crippen molar-refractivity contribution < 1.29 is 22.8 Å². The van der Waals surface area contributed by atoms with Gasteiger partial charge in [-0.3, -0.25) is 0 Å². The van der Waals surface area contributed by atoms with Gasteiger partial charge in [0.2, 0.25) is 0 Å². The van der Waals surface area contributed by atoms with Gasteiger partial charge in [-0.2, -0.15) is 0 Å². The van der Waals surface area contributed by atoms with Crippen LogP contribution in [-0.2, 0) is 10.1 Å². The topological polar surface area (TPSA) is 86.7 Å². The molecule has 0 aliphatic heterocycles. The van der Waals surface area contributed by atoms with Crippen molar-refractivity contribution in [2.24, 2.45) is 0 Å². The molecule has 0 spiro atoms. The fraction of sp³-hybridized carbons (Fsp3) is 0.273. The number of methoxy groups -OCH3 is 1. The largest absolute Gasteiger partial charge is 0.748 e. The van der Waals surface area contributed by atoms with Crippen LogP contribution in [0.5, 0.6) is 11.5 Å². The molecule has 1 aromatic carbocycles. The molecule has 94 valence electrons. The molecule has 0 unspecified atom stereocenters. The van der Waals surface area contributed by atoms with E-state index in [1.54, 1.807) is 25.1 Å². The molecule has 1 aromatic rings. The van der Waals surface area contributed by atoms with Crippen LogP contribution in [0.2, 0.25) is 0 Å². The molecule has 6 heteroatoms. The summed E-state index contributed by atoms with van der Waals surface area (Å²) in [6.07, 6.45) is 1.55. The minimum absolute atomic E-state index is 0.00116. The standard InChI is InChI=1S/C11H14O5S/c1-8(7-17(13,14)15)5-9-3-4-10(12)11(6-9)16-2/h3-6,12H,7H2,1-2H3,(H,13,14,15)/p-1/b8-5-. The highest BCUT2D eigenvalue weighted by atomic mass is 32.2. The first kappa shape index (κ1) is 13.5. The van der Waals surface area contributed by atoms with Gasteiger partial charge < -0.3 is 14.4 Å². The summed E-state index contributed by atoms with van der Waals surface area (Å²) in [7, 11) is -2.85. The minimum atomic E-state index is -4.27. The van der Waals surface area contributed by atoms with Crippen LogP contribution in [-0.4, -0.2) is 30.9 Å². The van der Waals surface area contributed by atoms with Crippen molar-refractivity contribution in [1.82, 2.24) is 0 Å². The number of rotatable bonds is 4. The van der Waals surface area contributed by atoms with E-state index in [9.17, 15) is 18.1 Å². The molecule has 0 amide bonds. The van der Waals surface area contributed by atoms with E-state index in [-0.39, 0.29) is 11.5 Å². The van der Waals surface area contributed by atoms with Crippen LogP contribution >= 0.6 is 0 Å². The lowest BCUT2D eigenvalue weighted by Gasteiger charge is -2.08. The SMILES string of the molecule is COc1cc(/C=C(/C)CS(=O)(=O)[O-])ccc1O. The van der Waals surface area contributed by atoms with Gasteiger partial charge in [0.1, 0.15) is 0 Å². The van der Waals surface area contributed by atoms with Gasteiger partial charge in [0.25, 0.3) is 0 Å². The summed E-state index contributed by atoms with van der Waals surface area (Å²) in [6, 6.07) is 4.58. The maximum absolute atomic E-state index is 10.5. The predicted molar refractivity (Wildman–Crippen MR) is 62.9 cm³/mol. The fourth-order valence-electron chi connectivity index (χ4n) is 1.39. The first-order valence-corrected chi connectivity index (χ1v) is 6.37. The van der Waals surface area contributed by atoms with Crippen LogP contribution in [0.3, 0.4) is 0 Å². The molecular weight excluding hydrogens is 244 g/mol. The zero-order valence-electron chi connectivity index (χ0n) is 9.50. The molecule has 0 bridgehead atoms. The summed E-state index contributed by atoms with van der Waals surface area (Å²) in [5, 5.41) is 9.36. The van der Waals surface area contributed by atoms with Crippen molar-refractivity contribution in [1.29, 1.82) is 0 Å². The number of phenols is 1. The summed E-state index contributed by atoms with van der Waals surface area (Å²) >= 11 is 0. The Morgan fingerprint density at radius 1 is 1.53 bits per heavy atom. The van der Waals surface area contributed by atoms with Gasteiger partial charge in [0.15, 0.2) is 11.5 Å². The van der Waals surface area contributed by atoms with E-state index in [1.165, 1.54) is 13.2 Å². The molecule has 17 heavy (non-hydrogen) atoms. The second kappa shape index (κ2) is 5.20. The molecule has 0 aliphatic carbocycles. The summed E-state index contributed by atoms with van der Waals surface area (Å²) in [4.78, 5) is 0. The van der Waals surface area contributed by atoms with E-state index in [0.717, 1.165) is 0 Å². The van der Waals surface area contributed by atoms with Crippen LogP contribution in [0.15, 0.2) is 23.8 Å². The minimum Gasteiger partial charge on any atom is -0.748 e. The highest BCUT2D eigenvalue weighted by Crippen LogP contribution is 2.27. The fourth-order valence-corrected chi connectivity index (χ4v) is 2.03. The predicted octanol–water partition coefficient (Wildman–Crippen LogP) is 1.35. The number of ether oxygens (including phenoxy) is 1. The maximum Gasteiger partial charge on any atom is 0.161 e. The highest BCUT2D eigenvalue weighted by Gasteiger charge is 2.02. The van der Waals surface area contributed by atoms with Crippen molar-refractivity contribution in [2.75, 3.05) is 12.9 Å². The number of benzene rings is 1. The summed E-state index contributed by atoms with van der Waals surface area (Å²) in [5.41, 5.74) is 1.08. The number of hydrogen-bond donors (Lipinski definition) is 1. The van der Waals surface area contributed by atoms with E-state index >= 15 is 0 Å².